The number of thiazole rings is 2. The van der Waals surface area contributed by atoms with Crippen molar-refractivity contribution >= 4 is 52.6 Å². The first kappa shape index (κ1) is 19.3. The fourth-order valence-electron chi connectivity index (χ4n) is 1.87. The van der Waals surface area contributed by atoms with Gasteiger partial charge in [-0.15, -0.1) is 46.7 Å². The Morgan fingerprint density at radius 2 is 1.95 bits per heavy atom. The quantitative estimate of drug-likeness (QED) is 0.416. The number of nitrogens with one attached hydrogen (secondary N) is 2. The molecule has 8 heteroatoms. The average Bonchev–Trinajstić information content (AvgIpc) is 3.05. The van der Waals surface area contributed by atoms with Gasteiger partial charge in [-0.25, -0.2) is 9.97 Å². The molecule has 5 nitrogen and oxygen atoms in total. The van der Waals surface area contributed by atoms with Crippen molar-refractivity contribution in [3.63, 3.8) is 0 Å². The van der Waals surface area contributed by atoms with Gasteiger partial charge in [0, 0.05) is 23.0 Å². The second-order valence-corrected chi connectivity index (χ2v) is 7.08. The zero-order valence-corrected chi connectivity index (χ0v) is 17.2. The van der Waals surface area contributed by atoms with Crippen molar-refractivity contribution in [3.8, 4) is 0 Å². The minimum absolute atomic E-state index is 0. The molecule has 0 aromatic carbocycles. The number of aromatic nitrogens is 2. The summed E-state index contributed by atoms with van der Waals surface area (Å²) in [7, 11) is 1.78. The molecule has 0 aliphatic rings. The van der Waals surface area contributed by atoms with E-state index >= 15 is 0 Å². The summed E-state index contributed by atoms with van der Waals surface area (Å²) in [5.41, 5.74) is 1.09. The first-order valence-electron chi connectivity index (χ1n) is 6.93. The largest absolute Gasteiger partial charge is 0.351 e. The Hall–Kier alpha value is -0.740. The van der Waals surface area contributed by atoms with E-state index in [0.717, 1.165) is 34.6 Å². The van der Waals surface area contributed by atoms with Crippen LogP contribution >= 0.6 is 46.7 Å². The van der Waals surface area contributed by atoms with Gasteiger partial charge in [0.1, 0.15) is 5.01 Å². The normalized spacial score (nSPS) is 11.2. The van der Waals surface area contributed by atoms with Gasteiger partial charge in [-0.3, -0.25) is 4.99 Å². The molecule has 2 aromatic heterocycles. The molecule has 0 fully saturated rings. The number of halogens is 1. The van der Waals surface area contributed by atoms with E-state index in [9.17, 15) is 0 Å². The standard InChI is InChI=1S/C14H21N5S2.HI/c1-5-11-6-16-13(21-11)8-18-14(15-4)17-7-12-9(2)19-10(3)20-12;/h6H,5,7-8H2,1-4H3,(H2,15,17,18);1H. The Morgan fingerprint density at radius 1 is 1.23 bits per heavy atom. The van der Waals surface area contributed by atoms with E-state index in [1.54, 1.807) is 29.7 Å². The molecule has 0 unspecified atom stereocenters. The average molecular weight is 451 g/mol. The molecule has 2 heterocycles. The molecule has 0 spiro atoms. The number of nitrogens with zero attached hydrogens (tertiary/aromatic N) is 3. The number of aliphatic imine (C=N–C) groups is 1. The maximum atomic E-state index is 4.43. The van der Waals surface area contributed by atoms with Crippen LogP contribution in [0.15, 0.2) is 11.2 Å². The fraction of sp³-hybridized carbons (Fsp3) is 0.500. The molecular weight excluding hydrogens is 429 g/mol. The molecule has 2 aromatic rings. The van der Waals surface area contributed by atoms with Gasteiger partial charge in [-0.05, 0) is 20.3 Å². The second-order valence-electron chi connectivity index (χ2n) is 4.59. The molecule has 2 N–H and O–H groups in total. The van der Waals surface area contributed by atoms with Crippen LogP contribution in [0, 0.1) is 13.8 Å². The Balaban J connectivity index is 0.00000242. The fourth-order valence-corrected chi connectivity index (χ4v) is 3.55. The van der Waals surface area contributed by atoms with Gasteiger partial charge in [0.2, 0.25) is 0 Å². The van der Waals surface area contributed by atoms with Crippen LogP contribution in [-0.2, 0) is 19.5 Å². The van der Waals surface area contributed by atoms with Crippen LogP contribution in [0.2, 0.25) is 0 Å². The highest BCUT2D eigenvalue weighted by Gasteiger charge is 2.06. The lowest BCUT2D eigenvalue weighted by molar-refractivity contribution is 0.807. The van der Waals surface area contributed by atoms with Crippen molar-refractivity contribution < 1.29 is 0 Å². The van der Waals surface area contributed by atoms with Crippen molar-refractivity contribution in [2.75, 3.05) is 7.05 Å². The smallest absolute Gasteiger partial charge is 0.191 e. The van der Waals surface area contributed by atoms with Crippen LogP contribution in [0.3, 0.4) is 0 Å². The third-order valence-electron chi connectivity index (χ3n) is 3.00. The van der Waals surface area contributed by atoms with Crippen LogP contribution in [0.4, 0.5) is 0 Å². The van der Waals surface area contributed by atoms with Crippen molar-refractivity contribution in [1.82, 2.24) is 20.6 Å². The van der Waals surface area contributed by atoms with Gasteiger partial charge in [0.25, 0.3) is 0 Å². The van der Waals surface area contributed by atoms with E-state index in [1.165, 1.54) is 9.75 Å². The Bertz CT molecular complexity index is 621. The molecule has 0 bridgehead atoms. The topological polar surface area (TPSA) is 62.2 Å². The minimum Gasteiger partial charge on any atom is -0.351 e. The Kier molecular flexibility index (Phi) is 8.26. The summed E-state index contributed by atoms with van der Waals surface area (Å²) < 4.78 is 0. The molecule has 0 aliphatic carbocycles. The molecule has 122 valence electrons. The monoisotopic (exact) mass is 451 g/mol. The number of hydrogen-bond donors (Lipinski definition) is 2. The number of rotatable bonds is 5. The number of guanidine groups is 1. The summed E-state index contributed by atoms with van der Waals surface area (Å²) in [6.45, 7) is 7.66. The molecule has 2 rings (SSSR count). The van der Waals surface area contributed by atoms with Crippen LogP contribution in [0.5, 0.6) is 0 Å². The van der Waals surface area contributed by atoms with Crippen LogP contribution in [0.1, 0.15) is 32.4 Å². The van der Waals surface area contributed by atoms with Crippen molar-refractivity contribution in [1.29, 1.82) is 0 Å². The van der Waals surface area contributed by atoms with Crippen molar-refractivity contribution in [2.24, 2.45) is 4.99 Å². The minimum atomic E-state index is 0. The zero-order valence-electron chi connectivity index (χ0n) is 13.3. The Morgan fingerprint density at radius 3 is 2.50 bits per heavy atom. The summed E-state index contributed by atoms with van der Waals surface area (Å²) in [4.78, 5) is 15.6. The van der Waals surface area contributed by atoms with Crippen LogP contribution in [-0.4, -0.2) is 23.0 Å². The highest BCUT2D eigenvalue weighted by atomic mass is 127. The van der Waals surface area contributed by atoms with Crippen molar-refractivity contribution in [2.45, 2.75) is 40.3 Å². The third kappa shape index (κ3) is 5.47. The summed E-state index contributed by atoms with van der Waals surface area (Å²) in [5, 5.41) is 8.79. The molecule has 0 radical (unpaired) electrons. The van der Waals surface area contributed by atoms with Crippen LogP contribution < -0.4 is 10.6 Å². The number of hydrogen-bond acceptors (Lipinski definition) is 5. The molecule has 0 saturated carbocycles. The summed E-state index contributed by atoms with van der Waals surface area (Å²) >= 11 is 3.46. The second kappa shape index (κ2) is 9.41. The molecule has 0 aliphatic heterocycles. The Labute approximate surface area is 156 Å². The highest BCUT2D eigenvalue weighted by molar-refractivity contribution is 14.0. The zero-order chi connectivity index (χ0) is 15.2. The summed E-state index contributed by atoms with van der Waals surface area (Å²) in [6, 6.07) is 0. The van der Waals surface area contributed by atoms with Crippen molar-refractivity contribution in [3.05, 3.63) is 31.7 Å². The molecule has 22 heavy (non-hydrogen) atoms. The van der Waals surface area contributed by atoms with Gasteiger partial charge in [0.15, 0.2) is 5.96 Å². The molecule has 0 saturated heterocycles. The van der Waals surface area contributed by atoms with Gasteiger partial charge in [0.05, 0.1) is 23.8 Å². The van der Waals surface area contributed by atoms with E-state index in [0.29, 0.717) is 6.54 Å². The van der Waals surface area contributed by atoms with Gasteiger partial charge >= 0.3 is 0 Å². The van der Waals surface area contributed by atoms with E-state index in [-0.39, 0.29) is 24.0 Å². The van der Waals surface area contributed by atoms with Gasteiger partial charge < -0.3 is 10.6 Å². The van der Waals surface area contributed by atoms with E-state index in [1.807, 2.05) is 20.0 Å². The highest BCUT2D eigenvalue weighted by Crippen LogP contribution is 2.16. The lowest BCUT2D eigenvalue weighted by atomic mass is 10.4. The van der Waals surface area contributed by atoms with E-state index < -0.39 is 0 Å². The maximum absolute atomic E-state index is 4.43. The first-order chi connectivity index (χ1) is 10.1. The summed E-state index contributed by atoms with van der Waals surface area (Å²) in [5.74, 6) is 0.786. The molecular formula is C14H22IN5S2. The third-order valence-corrected chi connectivity index (χ3v) is 5.21. The number of aryl methyl sites for hydroxylation is 3. The lowest BCUT2D eigenvalue weighted by Crippen LogP contribution is -2.36. The maximum Gasteiger partial charge on any atom is 0.191 e. The van der Waals surface area contributed by atoms with E-state index in [2.05, 4.69) is 32.5 Å². The van der Waals surface area contributed by atoms with E-state index in [4.69, 9.17) is 0 Å². The summed E-state index contributed by atoms with van der Waals surface area (Å²) in [6.07, 6.45) is 2.98. The van der Waals surface area contributed by atoms with Crippen LogP contribution in [0.25, 0.3) is 0 Å². The van der Waals surface area contributed by atoms with Gasteiger partial charge in [-0.2, -0.15) is 0 Å². The molecule has 0 atom stereocenters. The predicted molar refractivity (Wildman–Crippen MR) is 106 cm³/mol. The predicted octanol–water partition coefficient (Wildman–Crippen LogP) is 3.26. The lowest BCUT2D eigenvalue weighted by Gasteiger charge is -2.10. The first-order valence-corrected chi connectivity index (χ1v) is 8.56. The van der Waals surface area contributed by atoms with Gasteiger partial charge in [-0.1, -0.05) is 6.92 Å². The SMILES string of the molecule is CCc1cnc(CNC(=NC)NCc2sc(C)nc2C)s1.I. The molecule has 0 amide bonds.